The predicted octanol–water partition coefficient (Wildman–Crippen LogP) is 0.458. The van der Waals surface area contributed by atoms with E-state index >= 15 is 0 Å². The molecular formula is C13H26N2O2. The maximum Gasteiger partial charge on any atom is 0.0791 e. The molecule has 2 unspecified atom stereocenters. The molecule has 0 spiro atoms. The van der Waals surface area contributed by atoms with E-state index in [0.29, 0.717) is 12.6 Å². The number of nitrogens with one attached hydrogen (secondary N) is 1. The van der Waals surface area contributed by atoms with Gasteiger partial charge >= 0.3 is 0 Å². The van der Waals surface area contributed by atoms with E-state index in [1.807, 2.05) is 0 Å². The van der Waals surface area contributed by atoms with Gasteiger partial charge in [0.05, 0.1) is 12.7 Å². The maximum atomic E-state index is 9.98. The number of rotatable bonds is 8. The SMILES string of the molecule is COCC(NCC(O)CN1CCCC1)C1CC1. The molecule has 4 nitrogen and oxygen atoms in total. The fourth-order valence-corrected chi connectivity index (χ4v) is 2.66. The van der Waals surface area contributed by atoms with Crippen molar-refractivity contribution in [2.24, 2.45) is 5.92 Å². The molecule has 0 aromatic rings. The van der Waals surface area contributed by atoms with Gasteiger partial charge in [0, 0.05) is 26.2 Å². The second-order valence-corrected chi connectivity index (χ2v) is 5.47. The van der Waals surface area contributed by atoms with Gasteiger partial charge in [-0.1, -0.05) is 0 Å². The Morgan fingerprint density at radius 1 is 1.35 bits per heavy atom. The topological polar surface area (TPSA) is 44.7 Å². The van der Waals surface area contributed by atoms with Crippen molar-refractivity contribution in [3.05, 3.63) is 0 Å². The summed E-state index contributed by atoms with van der Waals surface area (Å²) in [4.78, 5) is 2.36. The third-order valence-corrected chi connectivity index (χ3v) is 3.82. The predicted molar refractivity (Wildman–Crippen MR) is 68.1 cm³/mol. The number of aliphatic hydroxyl groups is 1. The molecule has 2 N–H and O–H groups in total. The molecule has 2 atom stereocenters. The highest BCUT2D eigenvalue weighted by atomic mass is 16.5. The molecule has 17 heavy (non-hydrogen) atoms. The number of ether oxygens (including phenoxy) is 1. The first-order chi connectivity index (χ1) is 8.29. The Kier molecular flexibility index (Phi) is 5.22. The van der Waals surface area contributed by atoms with E-state index in [1.54, 1.807) is 7.11 Å². The fourth-order valence-electron chi connectivity index (χ4n) is 2.66. The van der Waals surface area contributed by atoms with Gasteiger partial charge < -0.3 is 20.1 Å². The van der Waals surface area contributed by atoms with Gasteiger partial charge in [-0.05, 0) is 44.7 Å². The van der Waals surface area contributed by atoms with Gasteiger partial charge in [0.15, 0.2) is 0 Å². The Balaban J connectivity index is 1.61. The van der Waals surface area contributed by atoms with Crippen molar-refractivity contribution in [3.63, 3.8) is 0 Å². The number of hydrogen-bond acceptors (Lipinski definition) is 4. The van der Waals surface area contributed by atoms with Crippen LogP contribution >= 0.6 is 0 Å². The van der Waals surface area contributed by atoms with E-state index < -0.39 is 0 Å². The van der Waals surface area contributed by atoms with Crippen LogP contribution in [0, 0.1) is 5.92 Å². The summed E-state index contributed by atoms with van der Waals surface area (Å²) in [6.07, 6.45) is 4.95. The third-order valence-electron chi connectivity index (χ3n) is 3.82. The lowest BCUT2D eigenvalue weighted by Gasteiger charge is -2.23. The van der Waals surface area contributed by atoms with Crippen molar-refractivity contribution in [1.82, 2.24) is 10.2 Å². The summed E-state index contributed by atoms with van der Waals surface area (Å²) in [7, 11) is 1.75. The minimum absolute atomic E-state index is 0.244. The molecule has 0 bridgehead atoms. The van der Waals surface area contributed by atoms with E-state index in [9.17, 15) is 5.11 Å². The van der Waals surface area contributed by atoms with Crippen molar-refractivity contribution < 1.29 is 9.84 Å². The molecule has 1 heterocycles. The molecule has 0 aromatic carbocycles. The first-order valence-electron chi connectivity index (χ1n) is 6.92. The van der Waals surface area contributed by atoms with Crippen molar-refractivity contribution in [2.45, 2.75) is 37.8 Å². The zero-order valence-corrected chi connectivity index (χ0v) is 10.9. The number of nitrogens with zero attached hydrogens (tertiary/aromatic N) is 1. The van der Waals surface area contributed by atoms with Crippen LogP contribution < -0.4 is 5.32 Å². The molecule has 1 aliphatic heterocycles. The van der Waals surface area contributed by atoms with Crippen molar-refractivity contribution in [2.75, 3.05) is 39.9 Å². The summed E-state index contributed by atoms with van der Waals surface area (Å²) in [5.41, 5.74) is 0. The normalized spacial score (nSPS) is 25.1. The Morgan fingerprint density at radius 3 is 2.65 bits per heavy atom. The van der Waals surface area contributed by atoms with E-state index in [0.717, 1.165) is 32.2 Å². The van der Waals surface area contributed by atoms with Gasteiger partial charge in [0.25, 0.3) is 0 Å². The highest BCUT2D eigenvalue weighted by Crippen LogP contribution is 2.32. The molecule has 4 heteroatoms. The summed E-state index contributed by atoms with van der Waals surface area (Å²) < 4.78 is 5.22. The van der Waals surface area contributed by atoms with Crippen molar-refractivity contribution in [3.8, 4) is 0 Å². The Labute approximate surface area is 104 Å². The second-order valence-electron chi connectivity index (χ2n) is 5.47. The molecular weight excluding hydrogens is 216 g/mol. The molecule has 1 aliphatic carbocycles. The number of methoxy groups -OCH3 is 1. The molecule has 1 saturated carbocycles. The summed E-state index contributed by atoms with van der Waals surface area (Å²) >= 11 is 0. The summed E-state index contributed by atoms with van der Waals surface area (Å²) in [6.45, 7) is 4.59. The van der Waals surface area contributed by atoms with Gasteiger partial charge in [-0.15, -0.1) is 0 Å². The van der Waals surface area contributed by atoms with E-state index in [2.05, 4.69) is 10.2 Å². The van der Waals surface area contributed by atoms with Crippen LogP contribution in [0.3, 0.4) is 0 Å². The van der Waals surface area contributed by atoms with E-state index in [4.69, 9.17) is 4.74 Å². The number of aliphatic hydroxyl groups excluding tert-OH is 1. The Morgan fingerprint density at radius 2 is 2.06 bits per heavy atom. The van der Waals surface area contributed by atoms with Gasteiger partial charge in [-0.25, -0.2) is 0 Å². The minimum Gasteiger partial charge on any atom is -0.390 e. The van der Waals surface area contributed by atoms with Gasteiger partial charge in [-0.2, -0.15) is 0 Å². The van der Waals surface area contributed by atoms with Crippen LogP contribution in [0.5, 0.6) is 0 Å². The van der Waals surface area contributed by atoms with E-state index in [-0.39, 0.29) is 6.10 Å². The quantitative estimate of drug-likeness (QED) is 0.649. The standard InChI is InChI=1S/C13H26N2O2/c1-17-10-13(11-4-5-11)14-8-12(16)9-15-6-2-3-7-15/h11-14,16H,2-10H2,1H3. The first-order valence-corrected chi connectivity index (χ1v) is 6.92. The molecule has 0 aromatic heterocycles. The molecule has 0 amide bonds. The van der Waals surface area contributed by atoms with Crippen LogP contribution in [0.4, 0.5) is 0 Å². The molecule has 2 fully saturated rings. The van der Waals surface area contributed by atoms with Crippen LogP contribution in [0.25, 0.3) is 0 Å². The molecule has 0 radical (unpaired) electrons. The van der Waals surface area contributed by atoms with Crippen LogP contribution in [-0.2, 0) is 4.74 Å². The zero-order valence-electron chi connectivity index (χ0n) is 10.9. The number of β-amino-alcohol motifs (C(OH)–C–C–N with tert-alkyl or cyclic N) is 1. The monoisotopic (exact) mass is 242 g/mol. The lowest BCUT2D eigenvalue weighted by molar-refractivity contribution is 0.106. The first kappa shape index (κ1) is 13.3. The lowest BCUT2D eigenvalue weighted by Crippen LogP contribution is -2.43. The van der Waals surface area contributed by atoms with Gasteiger partial charge in [0.2, 0.25) is 0 Å². The molecule has 2 aliphatic rings. The number of likely N-dealkylation sites (tertiary alicyclic amines) is 1. The lowest BCUT2D eigenvalue weighted by atomic mass is 10.2. The van der Waals surface area contributed by atoms with Crippen LogP contribution in [-0.4, -0.2) is 62.0 Å². The van der Waals surface area contributed by atoms with Crippen molar-refractivity contribution in [1.29, 1.82) is 0 Å². The summed E-state index contributed by atoms with van der Waals surface area (Å²) in [5, 5.41) is 13.4. The van der Waals surface area contributed by atoms with E-state index in [1.165, 1.54) is 25.7 Å². The molecule has 100 valence electrons. The highest BCUT2D eigenvalue weighted by Gasteiger charge is 2.31. The molecule has 2 rings (SSSR count). The van der Waals surface area contributed by atoms with Gasteiger partial charge in [-0.3, -0.25) is 0 Å². The van der Waals surface area contributed by atoms with Crippen LogP contribution in [0.1, 0.15) is 25.7 Å². The molecule has 1 saturated heterocycles. The summed E-state index contributed by atoms with van der Waals surface area (Å²) in [5.74, 6) is 0.772. The highest BCUT2D eigenvalue weighted by molar-refractivity contribution is 4.87. The third kappa shape index (κ3) is 4.54. The van der Waals surface area contributed by atoms with Crippen LogP contribution in [0.15, 0.2) is 0 Å². The Bertz CT molecular complexity index is 215. The second kappa shape index (κ2) is 6.69. The number of hydrogen-bond donors (Lipinski definition) is 2. The van der Waals surface area contributed by atoms with Crippen molar-refractivity contribution >= 4 is 0 Å². The summed E-state index contributed by atoms with van der Waals surface area (Å²) in [6, 6.07) is 0.438. The van der Waals surface area contributed by atoms with Crippen LogP contribution in [0.2, 0.25) is 0 Å². The Hall–Kier alpha value is -0.160. The largest absolute Gasteiger partial charge is 0.390 e. The average molecular weight is 242 g/mol. The maximum absolute atomic E-state index is 9.98. The smallest absolute Gasteiger partial charge is 0.0791 e. The zero-order chi connectivity index (χ0) is 12.1. The minimum atomic E-state index is -0.244. The average Bonchev–Trinajstić information content (AvgIpc) is 3.04. The van der Waals surface area contributed by atoms with Gasteiger partial charge in [0.1, 0.15) is 0 Å². The fraction of sp³-hybridized carbons (Fsp3) is 1.00.